The lowest BCUT2D eigenvalue weighted by molar-refractivity contribution is 0.0339. The molecule has 0 bridgehead atoms. The van der Waals surface area contributed by atoms with Crippen molar-refractivity contribution in [3.05, 3.63) is 53.0 Å². The zero-order chi connectivity index (χ0) is 22.1. The highest BCUT2D eigenvalue weighted by molar-refractivity contribution is 6.02. The molecular weight excluding hydrogens is 408 g/mol. The van der Waals surface area contributed by atoms with Crippen LogP contribution in [0.3, 0.4) is 0 Å². The topological polar surface area (TPSA) is 87.0 Å². The van der Waals surface area contributed by atoms with Crippen molar-refractivity contribution in [3.8, 4) is 0 Å². The third-order valence-corrected chi connectivity index (χ3v) is 6.73. The van der Waals surface area contributed by atoms with Crippen LogP contribution < -0.4 is 10.6 Å². The van der Waals surface area contributed by atoms with Gasteiger partial charge in [0.25, 0.3) is 11.8 Å². The van der Waals surface area contributed by atoms with Crippen molar-refractivity contribution < 1.29 is 18.7 Å². The minimum absolute atomic E-state index is 0.0643. The van der Waals surface area contributed by atoms with Crippen molar-refractivity contribution in [1.29, 1.82) is 0 Å². The minimum Gasteiger partial charge on any atom is -0.456 e. The molecular formula is C24H30N4O4. The summed E-state index contributed by atoms with van der Waals surface area (Å²) in [4.78, 5) is 29.9. The van der Waals surface area contributed by atoms with Crippen LogP contribution in [0.4, 0.5) is 5.69 Å². The molecule has 8 heteroatoms. The van der Waals surface area contributed by atoms with Gasteiger partial charge < -0.3 is 24.7 Å². The van der Waals surface area contributed by atoms with E-state index in [4.69, 9.17) is 9.15 Å². The first-order valence-corrected chi connectivity index (χ1v) is 11.5. The summed E-state index contributed by atoms with van der Waals surface area (Å²) in [5, 5.41) is 6.63. The van der Waals surface area contributed by atoms with Crippen molar-refractivity contribution in [2.24, 2.45) is 0 Å². The van der Waals surface area contributed by atoms with Crippen LogP contribution in [0.25, 0.3) is 0 Å². The first-order chi connectivity index (χ1) is 15.6. The van der Waals surface area contributed by atoms with E-state index in [2.05, 4.69) is 22.5 Å². The molecule has 3 aliphatic rings. The number of likely N-dealkylation sites (tertiary alicyclic amines) is 1. The zero-order valence-electron chi connectivity index (χ0n) is 18.5. The van der Waals surface area contributed by atoms with E-state index in [1.165, 1.54) is 0 Å². The second-order valence-electron chi connectivity index (χ2n) is 8.80. The molecule has 4 heterocycles. The number of nitrogens with one attached hydrogen (secondary N) is 2. The van der Waals surface area contributed by atoms with Crippen LogP contribution in [0, 0.1) is 0 Å². The molecule has 3 aliphatic heterocycles. The lowest BCUT2D eigenvalue weighted by Gasteiger charge is -2.45. The molecule has 2 fully saturated rings. The summed E-state index contributed by atoms with van der Waals surface area (Å²) in [5.74, 6) is 1.15. The Kier molecular flexibility index (Phi) is 5.65. The molecule has 5 rings (SSSR count). The number of hydrogen-bond donors (Lipinski definition) is 2. The average Bonchev–Trinajstić information content (AvgIpc) is 3.22. The molecule has 170 valence electrons. The molecule has 0 radical (unpaired) electrons. The largest absolute Gasteiger partial charge is 0.456 e. The maximum absolute atomic E-state index is 13.2. The highest BCUT2D eigenvalue weighted by Gasteiger charge is 2.41. The lowest BCUT2D eigenvalue weighted by atomic mass is 9.92. The number of benzene rings is 1. The monoisotopic (exact) mass is 438 g/mol. The maximum atomic E-state index is 13.2. The van der Waals surface area contributed by atoms with Crippen molar-refractivity contribution in [2.45, 2.75) is 38.4 Å². The smallest absolute Gasteiger partial charge is 0.289 e. The third-order valence-electron chi connectivity index (χ3n) is 6.73. The van der Waals surface area contributed by atoms with E-state index >= 15 is 0 Å². The molecule has 0 aliphatic carbocycles. The third kappa shape index (κ3) is 4.00. The summed E-state index contributed by atoms with van der Waals surface area (Å²) in [7, 11) is 0. The van der Waals surface area contributed by atoms with Crippen LogP contribution >= 0.6 is 0 Å². The van der Waals surface area contributed by atoms with Gasteiger partial charge in [0.05, 0.1) is 18.8 Å². The van der Waals surface area contributed by atoms with Gasteiger partial charge in [0.15, 0.2) is 5.76 Å². The number of amides is 2. The number of aryl methyl sites for hydroxylation is 1. The Bertz CT molecular complexity index is 1000. The summed E-state index contributed by atoms with van der Waals surface area (Å²) in [6.07, 6.45) is 2.03. The number of piperidine rings is 1. The molecule has 0 unspecified atom stereocenters. The minimum atomic E-state index is -0.512. The summed E-state index contributed by atoms with van der Waals surface area (Å²) < 4.78 is 11.4. The van der Waals surface area contributed by atoms with Crippen LogP contribution in [-0.2, 0) is 17.7 Å². The number of carbonyl (C=O) groups is 2. The van der Waals surface area contributed by atoms with E-state index in [0.717, 1.165) is 56.3 Å². The summed E-state index contributed by atoms with van der Waals surface area (Å²) >= 11 is 0. The first-order valence-electron chi connectivity index (χ1n) is 11.5. The number of fused-ring (bicyclic) bond motifs is 1. The van der Waals surface area contributed by atoms with Crippen molar-refractivity contribution in [1.82, 2.24) is 15.1 Å². The molecule has 1 aromatic heterocycles. The number of anilines is 1. The van der Waals surface area contributed by atoms with Gasteiger partial charge in [-0.25, -0.2) is 0 Å². The second kappa shape index (κ2) is 8.60. The molecule has 8 nitrogen and oxygen atoms in total. The van der Waals surface area contributed by atoms with Gasteiger partial charge in [-0.3, -0.25) is 14.5 Å². The van der Waals surface area contributed by atoms with E-state index < -0.39 is 5.66 Å². The van der Waals surface area contributed by atoms with Crippen LogP contribution in [0.5, 0.6) is 0 Å². The van der Waals surface area contributed by atoms with E-state index in [9.17, 15) is 9.59 Å². The number of rotatable bonds is 4. The van der Waals surface area contributed by atoms with E-state index in [-0.39, 0.29) is 11.8 Å². The van der Waals surface area contributed by atoms with Crippen molar-refractivity contribution >= 4 is 17.5 Å². The number of hydrogen-bond acceptors (Lipinski definition) is 6. The van der Waals surface area contributed by atoms with Crippen molar-refractivity contribution in [2.75, 3.05) is 44.7 Å². The standard InChI is InChI=1S/C24H30N4O4/c1-2-20-17(16-27-11-13-31-14-12-27)15-21(32-20)23(30)28-9-7-24(8-10-28)25-19-6-4-3-5-18(19)22(29)26-24/h3-6,15,25H,2,7-14,16H2,1H3,(H,26,29). The Balaban J connectivity index is 1.25. The average molecular weight is 439 g/mol. The van der Waals surface area contributed by atoms with Gasteiger partial charge in [-0.1, -0.05) is 19.1 Å². The highest BCUT2D eigenvalue weighted by atomic mass is 16.5. The molecule has 2 N–H and O–H groups in total. The Labute approximate surface area is 187 Å². The van der Waals surface area contributed by atoms with Gasteiger partial charge in [-0.15, -0.1) is 0 Å². The Morgan fingerprint density at radius 3 is 2.59 bits per heavy atom. The Morgan fingerprint density at radius 2 is 1.84 bits per heavy atom. The van der Waals surface area contributed by atoms with E-state index in [1.54, 1.807) is 0 Å². The van der Waals surface area contributed by atoms with Crippen LogP contribution in [0.2, 0.25) is 0 Å². The quantitative estimate of drug-likeness (QED) is 0.763. The lowest BCUT2D eigenvalue weighted by Crippen LogP contribution is -2.62. The highest BCUT2D eigenvalue weighted by Crippen LogP contribution is 2.32. The number of ether oxygens (including phenoxy) is 1. The summed E-state index contributed by atoms with van der Waals surface area (Å²) in [6, 6.07) is 9.45. The van der Waals surface area contributed by atoms with Crippen molar-refractivity contribution in [3.63, 3.8) is 0 Å². The van der Waals surface area contributed by atoms with Gasteiger partial charge in [-0.2, -0.15) is 0 Å². The number of nitrogens with zero attached hydrogens (tertiary/aromatic N) is 2. The summed E-state index contributed by atoms with van der Waals surface area (Å²) in [6.45, 7) is 7.22. The van der Waals surface area contributed by atoms with Crippen LogP contribution in [0.1, 0.15) is 52.0 Å². The molecule has 1 spiro atoms. The molecule has 0 atom stereocenters. The van der Waals surface area contributed by atoms with E-state index in [0.29, 0.717) is 37.3 Å². The predicted octanol–water partition coefficient (Wildman–Crippen LogP) is 2.46. The van der Waals surface area contributed by atoms with Gasteiger partial charge in [-0.05, 0) is 18.2 Å². The van der Waals surface area contributed by atoms with Crippen LogP contribution in [-0.4, -0.2) is 66.7 Å². The van der Waals surface area contributed by atoms with Gasteiger partial charge in [0, 0.05) is 63.2 Å². The number of carbonyl (C=O) groups excluding carboxylic acids is 2. The number of para-hydroxylation sites is 1. The van der Waals surface area contributed by atoms with E-state index in [1.807, 2.05) is 35.2 Å². The fourth-order valence-electron chi connectivity index (χ4n) is 4.87. The normalized spacial score (nSPS) is 20.5. The molecule has 32 heavy (non-hydrogen) atoms. The Hall–Kier alpha value is -2.84. The fourth-order valence-corrected chi connectivity index (χ4v) is 4.87. The number of morpholine rings is 1. The van der Waals surface area contributed by atoms with Gasteiger partial charge in [0.1, 0.15) is 11.4 Å². The molecule has 2 saturated heterocycles. The molecule has 0 saturated carbocycles. The maximum Gasteiger partial charge on any atom is 0.289 e. The predicted molar refractivity (Wildman–Crippen MR) is 120 cm³/mol. The molecule has 1 aromatic carbocycles. The van der Waals surface area contributed by atoms with Gasteiger partial charge >= 0.3 is 0 Å². The Morgan fingerprint density at radius 1 is 1.09 bits per heavy atom. The molecule has 2 aromatic rings. The van der Waals surface area contributed by atoms with Crippen LogP contribution in [0.15, 0.2) is 34.7 Å². The zero-order valence-corrected chi connectivity index (χ0v) is 18.5. The number of furan rings is 1. The fraction of sp³-hybridized carbons (Fsp3) is 0.500. The first kappa shape index (κ1) is 21.0. The molecule has 2 amide bonds. The second-order valence-corrected chi connectivity index (χ2v) is 8.80. The summed E-state index contributed by atoms with van der Waals surface area (Å²) in [5.41, 5.74) is 2.08. The van der Waals surface area contributed by atoms with Gasteiger partial charge in [0.2, 0.25) is 0 Å². The SMILES string of the molecule is CCc1oc(C(=O)N2CCC3(CC2)NC(=O)c2ccccc2N3)cc1CN1CCOCC1.